The minimum atomic E-state index is -0.367. The highest BCUT2D eigenvalue weighted by Gasteiger charge is 2.05. The van der Waals surface area contributed by atoms with Gasteiger partial charge in [-0.2, -0.15) is 5.10 Å². The molecule has 2 heterocycles. The second kappa shape index (κ2) is 10.3. The Labute approximate surface area is 168 Å². The van der Waals surface area contributed by atoms with Crippen molar-refractivity contribution in [3.05, 3.63) is 84.4 Å². The molecule has 0 unspecified atom stereocenters. The highest BCUT2D eigenvalue weighted by molar-refractivity contribution is 5.98. The SMILES string of the molecule is COc1ccc(OC/C(N=Cc2ccncc2)=N/NC(=O)c2ccncc2)cc1. The van der Waals surface area contributed by atoms with E-state index in [9.17, 15) is 4.79 Å². The number of benzene rings is 1. The molecule has 0 aliphatic heterocycles. The van der Waals surface area contributed by atoms with Gasteiger partial charge in [0.05, 0.1) is 7.11 Å². The van der Waals surface area contributed by atoms with Gasteiger partial charge in [-0.15, -0.1) is 0 Å². The van der Waals surface area contributed by atoms with Crippen LogP contribution in [-0.4, -0.2) is 41.6 Å². The fraction of sp³-hybridized carbons (Fsp3) is 0.0952. The fourth-order valence-electron chi connectivity index (χ4n) is 2.20. The predicted octanol–water partition coefficient (Wildman–Crippen LogP) is 2.73. The molecule has 1 N–H and O–H groups in total. The van der Waals surface area contributed by atoms with Gasteiger partial charge in [0.15, 0.2) is 5.84 Å². The molecule has 0 atom stereocenters. The number of nitrogens with zero attached hydrogens (tertiary/aromatic N) is 4. The standard InChI is InChI=1S/C21H19N5O3/c1-28-18-2-4-19(5-3-18)29-15-20(24-14-16-6-10-22-11-7-16)25-26-21(27)17-8-12-23-13-9-17/h2-14H,15H2,1H3,(H,26,27)/b24-14?,25-20-. The predicted molar refractivity (Wildman–Crippen MR) is 109 cm³/mol. The lowest BCUT2D eigenvalue weighted by atomic mass is 10.3. The number of ether oxygens (including phenoxy) is 2. The molecule has 1 amide bonds. The summed E-state index contributed by atoms with van der Waals surface area (Å²) in [5.41, 5.74) is 3.77. The Morgan fingerprint density at radius 1 is 0.966 bits per heavy atom. The molecule has 8 heteroatoms. The molecule has 146 valence electrons. The number of pyridine rings is 2. The van der Waals surface area contributed by atoms with E-state index in [1.807, 2.05) is 0 Å². The third-order valence-corrected chi connectivity index (χ3v) is 3.73. The molecule has 8 nitrogen and oxygen atoms in total. The molecular formula is C21H19N5O3. The summed E-state index contributed by atoms with van der Waals surface area (Å²) >= 11 is 0. The lowest BCUT2D eigenvalue weighted by molar-refractivity contribution is 0.0954. The van der Waals surface area contributed by atoms with Crippen molar-refractivity contribution in [1.82, 2.24) is 15.4 Å². The first-order valence-corrected chi connectivity index (χ1v) is 8.72. The van der Waals surface area contributed by atoms with Crippen LogP contribution in [-0.2, 0) is 0 Å². The Balaban J connectivity index is 1.71. The van der Waals surface area contributed by atoms with Crippen LogP contribution in [0.2, 0.25) is 0 Å². The van der Waals surface area contributed by atoms with E-state index in [1.165, 1.54) is 12.4 Å². The molecule has 0 saturated heterocycles. The maximum atomic E-state index is 12.2. The third-order valence-electron chi connectivity index (χ3n) is 3.73. The van der Waals surface area contributed by atoms with E-state index in [4.69, 9.17) is 9.47 Å². The van der Waals surface area contributed by atoms with E-state index < -0.39 is 0 Å². The first-order chi connectivity index (χ1) is 14.2. The summed E-state index contributed by atoms with van der Waals surface area (Å²) in [5.74, 6) is 1.28. The Morgan fingerprint density at radius 3 is 2.24 bits per heavy atom. The Bertz CT molecular complexity index is 974. The van der Waals surface area contributed by atoms with Crippen molar-refractivity contribution in [2.75, 3.05) is 13.7 Å². The average Bonchev–Trinajstić information content (AvgIpc) is 2.80. The maximum Gasteiger partial charge on any atom is 0.271 e. The normalized spacial score (nSPS) is 11.3. The molecule has 29 heavy (non-hydrogen) atoms. The molecule has 0 bridgehead atoms. The van der Waals surface area contributed by atoms with E-state index in [-0.39, 0.29) is 12.5 Å². The number of amidine groups is 1. The minimum Gasteiger partial charge on any atom is -0.497 e. The summed E-state index contributed by atoms with van der Waals surface area (Å²) in [4.78, 5) is 24.4. The molecule has 0 aliphatic rings. The Kier molecular flexibility index (Phi) is 7.00. The number of carbonyl (C=O) groups is 1. The van der Waals surface area contributed by atoms with E-state index >= 15 is 0 Å². The number of aliphatic imine (C=N–C) groups is 1. The van der Waals surface area contributed by atoms with Crippen molar-refractivity contribution in [3.63, 3.8) is 0 Å². The molecule has 0 aliphatic carbocycles. The van der Waals surface area contributed by atoms with Crippen LogP contribution >= 0.6 is 0 Å². The summed E-state index contributed by atoms with van der Waals surface area (Å²) in [6.45, 7) is 0.0601. The first-order valence-electron chi connectivity index (χ1n) is 8.72. The Morgan fingerprint density at radius 2 is 1.59 bits per heavy atom. The average molecular weight is 389 g/mol. The molecule has 3 aromatic rings. The zero-order chi connectivity index (χ0) is 20.3. The number of amides is 1. The van der Waals surface area contributed by atoms with Crippen LogP contribution in [0, 0.1) is 0 Å². The Hall–Kier alpha value is -4.07. The first kappa shape index (κ1) is 19.7. The van der Waals surface area contributed by atoms with Gasteiger partial charge in [-0.25, -0.2) is 10.4 Å². The van der Waals surface area contributed by atoms with Crippen LogP contribution in [0.25, 0.3) is 0 Å². The number of hydrazone groups is 1. The molecule has 0 fully saturated rings. The lowest BCUT2D eigenvalue weighted by Crippen LogP contribution is -2.21. The number of methoxy groups -OCH3 is 1. The summed E-state index contributed by atoms with van der Waals surface area (Å²) < 4.78 is 10.8. The highest BCUT2D eigenvalue weighted by atomic mass is 16.5. The van der Waals surface area contributed by atoms with Gasteiger partial charge in [0.2, 0.25) is 0 Å². The number of aromatic nitrogens is 2. The van der Waals surface area contributed by atoms with Gasteiger partial charge in [-0.05, 0) is 54.1 Å². The number of hydrogen-bond donors (Lipinski definition) is 1. The van der Waals surface area contributed by atoms with E-state index in [0.717, 1.165) is 11.3 Å². The summed E-state index contributed by atoms with van der Waals surface area (Å²) in [7, 11) is 1.60. The smallest absolute Gasteiger partial charge is 0.271 e. The summed E-state index contributed by atoms with van der Waals surface area (Å²) in [6, 6.07) is 13.9. The monoisotopic (exact) mass is 389 g/mol. The van der Waals surface area contributed by atoms with Crippen molar-refractivity contribution in [3.8, 4) is 11.5 Å². The van der Waals surface area contributed by atoms with Crippen molar-refractivity contribution in [2.24, 2.45) is 10.1 Å². The van der Waals surface area contributed by atoms with E-state index in [1.54, 1.807) is 74.2 Å². The maximum absolute atomic E-state index is 12.2. The van der Waals surface area contributed by atoms with Crippen molar-refractivity contribution in [1.29, 1.82) is 0 Å². The van der Waals surface area contributed by atoms with E-state index in [0.29, 0.717) is 17.1 Å². The quantitative estimate of drug-likeness (QED) is 0.381. The molecule has 2 aromatic heterocycles. The van der Waals surface area contributed by atoms with Crippen molar-refractivity contribution < 1.29 is 14.3 Å². The molecule has 3 rings (SSSR count). The number of carbonyl (C=O) groups excluding carboxylic acids is 1. The van der Waals surface area contributed by atoms with Crippen LogP contribution in [0.5, 0.6) is 11.5 Å². The van der Waals surface area contributed by atoms with Crippen LogP contribution in [0.1, 0.15) is 15.9 Å². The highest BCUT2D eigenvalue weighted by Crippen LogP contribution is 2.16. The lowest BCUT2D eigenvalue weighted by Gasteiger charge is -2.07. The van der Waals surface area contributed by atoms with Gasteiger partial charge in [-0.1, -0.05) is 0 Å². The van der Waals surface area contributed by atoms with Crippen LogP contribution < -0.4 is 14.9 Å². The van der Waals surface area contributed by atoms with Gasteiger partial charge in [0, 0.05) is 36.6 Å². The van der Waals surface area contributed by atoms with Crippen LogP contribution in [0.15, 0.2) is 83.4 Å². The zero-order valence-electron chi connectivity index (χ0n) is 15.7. The molecule has 1 aromatic carbocycles. The number of hydrogen-bond acceptors (Lipinski definition) is 6. The molecule has 0 saturated carbocycles. The van der Waals surface area contributed by atoms with E-state index in [2.05, 4.69) is 25.5 Å². The summed E-state index contributed by atoms with van der Waals surface area (Å²) in [6.07, 6.45) is 8.02. The number of nitrogens with one attached hydrogen (secondary N) is 1. The van der Waals surface area contributed by atoms with Gasteiger partial charge in [0.1, 0.15) is 18.1 Å². The van der Waals surface area contributed by atoms with Gasteiger partial charge >= 0.3 is 0 Å². The minimum absolute atomic E-state index is 0.0601. The number of rotatable bonds is 7. The fourth-order valence-corrected chi connectivity index (χ4v) is 2.20. The van der Waals surface area contributed by atoms with Crippen molar-refractivity contribution >= 4 is 18.0 Å². The van der Waals surface area contributed by atoms with Crippen LogP contribution in [0.4, 0.5) is 0 Å². The molecular weight excluding hydrogens is 370 g/mol. The third kappa shape index (κ3) is 6.24. The zero-order valence-corrected chi connectivity index (χ0v) is 15.7. The van der Waals surface area contributed by atoms with Gasteiger partial charge in [0.25, 0.3) is 5.91 Å². The largest absolute Gasteiger partial charge is 0.497 e. The van der Waals surface area contributed by atoms with Crippen LogP contribution in [0.3, 0.4) is 0 Å². The topological polar surface area (TPSA) is 98.1 Å². The second-order valence-electron chi connectivity index (χ2n) is 5.71. The second-order valence-corrected chi connectivity index (χ2v) is 5.71. The molecule has 0 radical (unpaired) electrons. The van der Waals surface area contributed by atoms with Gasteiger partial charge < -0.3 is 9.47 Å². The summed E-state index contributed by atoms with van der Waals surface area (Å²) in [5, 5.41) is 4.10. The van der Waals surface area contributed by atoms with Crippen molar-refractivity contribution in [2.45, 2.75) is 0 Å². The van der Waals surface area contributed by atoms with Gasteiger partial charge in [-0.3, -0.25) is 14.8 Å². The molecule has 0 spiro atoms.